The zero-order valence-corrected chi connectivity index (χ0v) is 8.99. The van der Waals surface area contributed by atoms with Gasteiger partial charge in [-0.05, 0) is 18.9 Å². The van der Waals surface area contributed by atoms with Crippen molar-refractivity contribution in [1.29, 1.82) is 0 Å². The van der Waals surface area contributed by atoms with Gasteiger partial charge >= 0.3 is 0 Å². The van der Waals surface area contributed by atoms with Crippen LogP contribution < -0.4 is 5.73 Å². The van der Waals surface area contributed by atoms with Gasteiger partial charge in [0.2, 0.25) is 5.89 Å². The molecule has 0 aliphatic rings. The molecule has 0 fully saturated rings. The molecule has 14 heavy (non-hydrogen) atoms. The smallest absolute Gasteiger partial charge is 0.226 e. The Bertz CT molecular complexity index is 260. The fraction of sp³-hybridized carbons (Fsp3) is 0.800. The van der Waals surface area contributed by atoms with Crippen molar-refractivity contribution >= 4 is 0 Å². The summed E-state index contributed by atoms with van der Waals surface area (Å²) in [5, 5.41) is 3.91. The van der Waals surface area contributed by atoms with Gasteiger partial charge in [-0.15, -0.1) is 0 Å². The maximum Gasteiger partial charge on any atom is 0.226 e. The van der Waals surface area contributed by atoms with Crippen LogP contribution in [0, 0.1) is 5.92 Å². The van der Waals surface area contributed by atoms with E-state index in [2.05, 4.69) is 24.0 Å². The summed E-state index contributed by atoms with van der Waals surface area (Å²) in [5.41, 5.74) is 5.52. The van der Waals surface area contributed by atoms with Gasteiger partial charge in [0.15, 0.2) is 5.82 Å². The zero-order valence-electron chi connectivity index (χ0n) is 8.99. The summed E-state index contributed by atoms with van der Waals surface area (Å²) in [6.45, 7) is 4.89. The lowest BCUT2D eigenvalue weighted by atomic mass is 10.1. The van der Waals surface area contributed by atoms with Crippen molar-refractivity contribution in [3.63, 3.8) is 0 Å². The number of aryl methyl sites for hydroxylation is 1. The molecule has 0 aliphatic carbocycles. The highest BCUT2D eigenvalue weighted by molar-refractivity contribution is 4.87. The van der Waals surface area contributed by atoms with Crippen LogP contribution >= 0.6 is 0 Å². The normalized spacial score (nSPS) is 13.1. The van der Waals surface area contributed by atoms with Gasteiger partial charge < -0.3 is 10.3 Å². The fourth-order valence-corrected chi connectivity index (χ4v) is 1.19. The first-order chi connectivity index (χ1) is 6.76. The average Bonchev–Trinajstić information content (AvgIpc) is 2.62. The molecule has 2 N–H and O–H groups in total. The number of nitrogens with two attached hydrogens (primary N) is 1. The molecule has 0 radical (unpaired) electrons. The van der Waals surface area contributed by atoms with Crippen LogP contribution in [0.3, 0.4) is 0 Å². The van der Waals surface area contributed by atoms with E-state index in [1.165, 1.54) is 0 Å². The van der Waals surface area contributed by atoms with Crippen LogP contribution in [0.25, 0.3) is 0 Å². The third kappa shape index (κ3) is 3.46. The average molecular weight is 197 g/mol. The van der Waals surface area contributed by atoms with Gasteiger partial charge in [-0.3, -0.25) is 0 Å². The van der Waals surface area contributed by atoms with Crippen molar-refractivity contribution in [3.05, 3.63) is 11.7 Å². The van der Waals surface area contributed by atoms with E-state index in [1.54, 1.807) is 0 Å². The highest BCUT2D eigenvalue weighted by Crippen LogP contribution is 2.06. The van der Waals surface area contributed by atoms with Gasteiger partial charge in [-0.25, -0.2) is 0 Å². The molecule has 0 aromatic carbocycles. The molecule has 4 nitrogen and oxygen atoms in total. The molecule has 1 aromatic rings. The number of rotatable bonds is 6. The van der Waals surface area contributed by atoms with Crippen LogP contribution in [0.15, 0.2) is 4.52 Å². The second-order valence-electron chi connectivity index (χ2n) is 3.75. The lowest BCUT2D eigenvalue weighted by molar-refractivity contribution is 0.355. The molecule has 80 valence electrons. The first-order valence-corrected chi connectivity index (χ1v) is 5.27. The summed E-state index contributed by atoms with van der Waals surface area (Å²) < 4.78 is 5.12. The van der Waals surface area contributed by atoms with Gasteiger partial charge in [-0.2, -0.15) is 4.98 Å². The van der Waals surface area contributed by atoms with Crippen molar-refractivity contribution in [2.75, 3.05) is 6.54 Å². The van der Waals surface area contributed by atoms with Crippen LogP contribution in [0.5, 0.6) is 0 Å². The molecular weight excluding hydrogens is 178 g/mol. The van der Waals surface area contributed by atoms with Crippen LogP contribution in [-0.2, 0) is 12.8 Å². The predicted molar refractivity (Wildman–Crippen MR) is 54.8 cm³/mol. The minimum absolute atomic E-state index is 0.412. The van der Waals surface area contributed by atoms with E-state index in [9.17, 15) is 0 Å². The predicted octanol–water partition coefficient (Wildman–Crippen LogP) is 1.55. The summed E-state index contributed by atoms with van der Waals surface area (Å²) in [4.78, 5) is 4.30. The minimum atomic E-state index is 0.412. The standard InChI is InChI=1S/C10H19N3O/c1-3-4-5-9-12-10(14-13-9)6-8(2)7-11/h8H,3-7,11H2,1-2H3. The van der Waals surface area contributed by atoms with Gasteiger partial charge in [-0.1, -0.05) is 25.4 Å². The molecule has 0 spiro atoms. The first kappa shape index (κ1) is 11.2. The van der Waals surface area contributed by atoms with Gasteiger partial charge in [0.05, 0.1) is 0 Å². The van der Waals surface area contributed by atoms with Crippen LogP contribution in [-0.4, -0.2) is 16.7 Å². The summed E-state index contributed by atoms with van der Waals surface area (Å²) in [5.74, 6) is 1.95. The van der Waals surface area contributed by atoms with E-state index in [0.717, 1.165) is 31.5 Å². The molecule has 0 saturated heterocycles. The van der Waals surface area contributed by atoms with Gasteiger partial charge in [0.1, 0.15) is 0 Å². The third-order valence-electron chi connectivity index (χ3n) is 2.19. The highest BCUT2D eigenvalue weighted by Gasteiger charge is 2.09. The molecule has 0 saturated carbocycles. The number of nitrogens with zero attached hydrogens (tertiary/aromatic N) is 2. The third-order valence-corrected chi connectivity index (χ3v) is 2.19. The number of aromatic nitrogens is 2. The van der Waals surface area contributed by atoms with E-state index < -0.39 is 0 Å². The summed E-state index contributed by atoms with van der Waals surface area (Å²) >= 11 is 0. The molecule has 1 unspecified atom stereocenters. The Hall–Kier alpha value is -0.900. The number of hydrogen-bond acceptors (Lipinski definition) is 4. The van der Waals surface area contributed by atoms with E-state index in [-0.39, 0.29) is 0 Å². The van der Waals surface area contributed by atoms with Crippen molar-refractivity contribution in [3.8, 4) is 0 Å². The highest BCUT2D eigenvalue weighted by atomic mass is 16.5. The lowest BCUT2D eigenvalue weighted by Gasteiger charge is -2.01. The maximum atomic E-state index is 5.52. The van der Waals surface area contributed by atoms with Gasteiger partial charge in [0.25, 0.3) is 0 Å². The Morgan fingerprint density at radius 1 is 1.50 bits per heavy atom. The van der Waals surface area contributed by atoms with Crippen LogP contribution in [0.2, 0.25) is 0 Å². The molecule has 1 heterocycles. The van der Waals surface area contributed by atoms with Crippen molar-refractivity contribution < 1.29 is 4.52 Å². The molecule has 1 aromatic heterocycles. The Labute approximate surface area is 84.9 Å². The van der Waals surface area contributed by atoms with Crippen LogP contribution in [0.4, 0.5) is 0 Å². The fourth-order valence-electron chi connectivity index (χ4n) is 1.19. The largest absolute Gasteiger partial charge is 0.339 e. The van der Waals surface area contributed by atoms with Crippen molar-refractivity contribution in [2.24, 2.45) is 11.7 Å². The molecule has 0 amide bonds. The molecule has 1 atom stereocenters. The Morgan fingerprint density at radius 3 is 2.93 bits per heavy atom. The maximum absolute atomic E-state index is 5.52. The quantitative estimate of drug-likeness (QED) is 0.751. The topological polar surface area (TPSA) is 64.9 Å². The second kappa shape index (κ2) is 5.75. The van der Waals surface area contributed by atoms with E-state index >= 15 is 0 Å². The van der Waals surface area contributed by atoms with E-state index in [1.807, 2.05) is 0 Å². The molecular formula is C10H19N3O. The van der Waals surface area contributed by atoms with Crippen molar-refractivity contribution in [2.45, 2.75) is 39.5 Å². The zero-order chi connectivity index (χ0) is 10.4. The Balaban J connectivity index is 2.42. The monoisotopic (exact) mass is 197 g/mol. The lowest BCUT2D eigenvalue weighted by Crippen LogP contribution is -2.13. The molecule has 0 aliphatic heterocycles. The molecule has 0 bridgehead atoms. The summed E-state index contributed by atoms with van der Waals surface area (Å²) in [7, 11) is 0. The minimum Gasteiger partial charge on any atom is -0.339 e. The van der Waals surface area contributed by atoms with Gasteiger partial charge in [0, 0.05) is 12.8 Å². The first-order valence-electron chi connectivity index (χ1n) is 5.27. The van der Waals surface area contributed by atoms with Crippen LogP contribution in [0.1, 0.15) is 38.4 Å². The SMILES string of the molecule is CCCCc1noc(CC(C)CN)n1. The summed E-state index contributed by atoms with van der Waals surface area (Å²) in [6.07, 6.45) is 3.97. The molecule has 4 heteroatoms. The van der Waals surface area contributed by atoms with Crippen molar-refractivity contribution in [1.82, 2.24) is 10.1 Å². The Morgan fingerprint density at radius 2 is 2.29 bits per heavy atom. The number of hydrogen-bond donors (Lipinski definition) is 1. The second-order valence-corrected chi connectivity index (χ2v) is 3.75. The Kier molecular flexibility index (Phi) is 4.59. The number of unbranched alkanes of at least 4 members (excludes halogenated alkanes) is 1. The summed E-state index contributed by atoms with van der Waals surface area (Å²) in [6, 6.07) is 0. The molecule has 1 rings (SSSR count). The van der Waals surface area contributed by atoms with E-state index in [4.69, 9.17) is 10.3 Å². The van der Waals surface area contributed by atoms with E-state index in [0.29, 0.717) is 18.4 Å².